The van der Waals surface area contributed by atoms with Crippen molar-refractivity contribution in [2.75, 3.05) is 24.5 Å². The lowest BCUT2D eigenvalue weighted by Gasteiger charge is -2.44. The largest absolute Gasteiger partial charge is 0.350 e. The number of fused-ring (bicyclic) bond motifs is 6. The molecule has 5 rings (SSSR count). The van der Waals surface area contributed by atoms with E-state index in [0.717, 1.165) is 42.5 Å². The molecule has 0 amide bonds. The molecule has 0 radical (unpaired) electrons. The fraction of sp³-hybridized carbons (Fsp3) is 0.316. The summed E-state index contributed by atoms with van der Waals surface area (Å²) in [6.45, 7) is 2.74. The van der Waals surface area contributed by atoms with E-state index in [2.05, 4.69) is 15.9 Å². The average molecular weight is 342 g/mol. The highest BCUT2D eigenvalue weighted by Crippen LogP contribution is 2.44. The highest BCUT2D eigenvalue weighted by molar-refractivity contribution is 6.31. The van der Waals surface area contributed by atoms with E-state index in [1.54, 1.807) is 12.1 Å². The monoisotopic (exact) mass is 341 g/mol. The number of halogens is 2. The van der Waals surface area contributed by atoms with Crippen molar-refractivity contribution in [3.63, 3.8) is 0 Å². The van der Waals surface area contributed by atoms with Gasteiger partial charge in [-0.15, -0.1) is 0 Å². The van der Waals surface area contributed by atoms with E-state index in [0.29, 0.717) is 5.92 Å². The number of anilines is 1. The molecule has 0 aromatic heterocycles. The van der Waals surface area contributed by atoms with Crippen molar-refractivity contribution in [2.45, 2.75) is 18.5 Å². The van der Waals surface area contributed by atoms with Gasteiger partial charge in [0.05, 0.1) is 6.54 Å². The van der Waals surface area contributed by atoms with Gasteiger partial charge in [-0.2, -0.15) is 0 Å². The molecule has 2 aromatic rings. The van der Waals surface area contributed by atoms with Gasteiger partial charge in [-0.25, -0.2) is 4.39 Å². The molecular weight excluding hydrogens is 325 g/mol. The minimum atomic E-state index is -0.180. The van der Waals surface area contributed by atoms with Crippen LogP contribution >= 0.6 is 11.6 Å². The van der Waals surface area contributed by atoms with E-state index in [-0.39, 0.29) is 12.0 Å². The van der Waals surface area contributed by atoms with Gasteiger partial charge >= 0.3 is 0 Å². The molecule has 0 bridgehead atoms. The summed E-state index contributed by atoms with van der Waals surface area (Å²) in [4.78, 5) is 9.60. The van der Waals surface area contributed by atoms with E-state index in [1.165, 1.54) is 11.3 Å². The van der Waals surface area contributed by atoms with Crippen LogP contribution in [0.4, 0.5) is 10.1 Å². The second-order valence-corrected chi connectivity index (χ2v) is 7.05. The van der Waals surface area contributed by atoms with Crippen molar-refractivity contribution in [2.24, 2.45) is 4.99 Å². The highest BCUT2D eigenvalue weighted by Gasteiger charge is 2.46. The van der Waals surface area contributed by atoms with Gasteiger partial charge < -0.3 is 9.80 Å². The molecule has 3 nitrogen and oxygen atoms in total. The molecule has 3 aliphatic heterocycles. The molecular formula is C19H17ClFN3. The highest BCUT2D eigenvalue weighted by atomic mass is 35.5. The summed E-state index contributed by atoms with van der Waals surface area (Å²) >= 11 is 6.22. The van der Waals surface area contributed by atoms with Crippen LogP contribution in [0.2, 0.25) is 5.02 Å². The topological polar surface area (TPSA) is 18.8 Å². The summed E-state index contributed by atoms with van der Waals surface area (Å²) < 4.78 is 13.3. The molecule has 0 aliphatic carbocycles. The maximum Gasteiger partial charge on any atom is 0.134 e. The van der Waals surface area contributed by atoms with Crippen LogP contribution in [0.3, 0.4) is 0 Å². The maximum absolute atomic E-state index is 13.3. The number of hydrogen-bond acceptors (Lipinski definition) is 3. The zero-order valence-electron chi connectivity index (χ0n) is 13.1. The Hall–Kier alpha value is -2.07. The summed E-state index contributed by atoms with van der Waals surface area (Å²) in [5, 5.41) is 0.746. The second-order valence-electron chi connectivity index (χ2n) is 6.61. The summed E-state index contributed by atoms with van der Waals surface area (Å²) in [5.74, 6) is 1.24. The van der Waals surface area contributed by atoms with Gasteiger partial charge in [0.15, 0.2) is 0 Å². The molecule has 2 aromatic carbocycles. The van der Waals surface area contributed by atoms with Gasteiger partial charge in [0.25, 0.3) is 0 Å². The molecule has 1 saturated heterocycles. The minimum Gasteiger partial charge on any atom is -0.350 e. The Bertz CT molecular complexity index is 833. The molecule has 1 fully saturated rings. The van der Waals surface area contributed by atoms with Crippen LogP contribution < -0.4 is 4.90 Å². The summed E-state index contributed by atoms with van der Waals surface area (Å²) in [5.41, 5.74) is 3.55. The molecule has 2 unspecified atom stereocenters. The van der Waals surface area contributed by atoms with Crippen LogP contribution in [0.1, 0.15) is 23.5 Å². The van der Waals surface area contributed by atoms with Gasteiger partial charge in [-0.05, 0) is 42.3 Å². The van der Waals surface area contributed by atoms with Crippen molar-refractivity contribution in [1.29, 1.82) is 0 Å². The Morgan fingerprint density at radius 3 is 2.71 bits per heavy atom. The Morgan fingerprint density at radius 2 is 1.88 bits per heavy atom. The van der Waals surface area contributed by atoms with Crippen molar-refractivity contribution >= 4 is 23.1 Å². The lowest BCUT2D eigenvalue weighted by molar-refractivity contribution is 0.310. The van der Waals surface area contributed by atoms with Gasteiger partial charge in [0, 0.05) is 35.3 Å². The lowest BCUT2D eigenvalue weighted by Crippen LogP contribution is -2.53. The molecule has 3 heterocycles. The van der Waals surface area contributed by atoms with Gasteiger partial charge in [-0.3, -0.25) is 4.99 Å². The quantitative estimate of drug-likeness (QED) is 0.784. The molecule has 2 atom stereocenters. The first kappa shape index (κ1) is 14.3. The first-order valence-electron chi connectivity index (χ1n) is 8.35. The maximum atomic E-state index is 13.3. The van der Waals surface area contributed by atoms with E-state index in [4.69, 9.17) is 16.6 Å². The van der Waals surface area contributed by atoms with Crippen molar-refractivity contribution in [3.05, 3.63) is 64.4 Å². The van der Waals surface area contributed by atoms with E-state index in [1.807, 2.05) is 24.3 Å². The number of rotatable bonds is 1. The molecule has 122 valence electrons. The van der Waals surface area contributed by atoms with Crippen molar-refractivity contribution in [1.82, 2.24) is 4.90 Å². The van der Waals surface area contributed by atoms with Crippen LogP contribution in [0.25, 0.3) is 0 Å². The normalized spacial score (nSPS) is 24.5. The Balaban J connectivity index is 1.61. The molecule has 0 saturated carbocycles. The fourth-order valence-corrected chi connectivity index (χ4v) is 4.54. The number of nitrogens with zero attached hydrogens (tertiary/aromatic N) is 3. The summed E-state index contributed by atoms with van der Waals surface area (Å²) in [6.07, 6.45) is 1.31. The SMILES string of the molecule is Fc1ccc(C2CCN3c4ccc(Cl)cc4C4=NCCN4C23)cc1. The number of aliphatic imine (C=N–C) groups is 1. The third-order valence-electron chi connectivity index (χ3n) is 5.36. The molecule has 3 aliphatic rings. The standard InChI is InChI=1S/C19H17ClFN3/c20-13-3-6-17-16(11-13)18-22-8-10-24(18)19-15(7-9-23(17)19)12-1-4-14(21)5-2-12/h1-6,11,15,19H,7-10H2. The molecule has 0 spiro atoms. The van der Waals surface area contributed by atoms with Crippen LogP contribution in [0.5, 0.6) is 0 Å². The Kier molecular flexibility index (Phi) is 3.10. The van der Waals surface area contributed by atoms with Crippen LogP contribution in [-0.2, 0) is 0 Å². The molecule has 0 N–H and O–H groups in total. The Labute approximate surface area is 145 Å². The van der Waals surface area contributed by atoms with Crippen LogP contribution in [0.15, 0.2) is 47.5 Å². The number of amidine groups is 1. The zero-order chi connectivity index (χ0) is 16.3. The Morgan fingerprint density at radius 1 is 1.04 bits per heavy atom. The van der Waals surface area contributed by atoms with Crippen molar-refractivity contribution in [3.8, 4) is 0 Å². The second kappa shape index (κ2) is 5.21. The predicted octanol–water partition coefficient (Wildman–Crippen LogP) is 3.87. The predicted molar refractivity (Wildman–Crippen MR) is 94.5 cm³/mol. The summed E-state index contributed by atoms with van der Waals surface area (Å²) in [6, 6.07) is 13.1. The van der Waals surface area contributed by atoms with E-state index < -0.39 is 0 Å². The average Bonchev–Trinajstić information content (AvgIpc) is 3.22. The van der Waals surface area contributed by atoms with Crippen LogP contribution in [0, 0.1) is 5.82 Å². The third-order valence-corrected chi connectivity index (χ3v) is 5.60. The van der Waals surface area contributed by atoms with Gasteiger partial charge in [0.1, 0.15) is 17.8 Å². The van der Waals surface area contributed by atoms with E-state index >= 15 is 0 Å². The molecule has 5 heteroatoms. The first-order valence-corrected chi connectivity index (χ1v) is 8.73. The zero-order valence-corrected chi connectivity index (χ0v) is 13.9. The lowest BCUT2D eigenvalue weighted by atomic mass is 9.93. The first-order chi connectivity index (χ1) is 11.7. The fourth-order valence-electron chi connectivity index (χ4n) is 4.37. The third kappa shape index (κ3) is 1.99. The number of hydrogen-bond donors (Lipinski definition) is 0. The van der Waals surface area contributed by atoms with Gasteiger partial charge in [0.2, 0.25) is 0 Å². The molecule has 24 heavy (non-hydrogen) atoms. The van der Waals surface area contributed by atoms with Crippen molar-refractivity contribution < 1.29 is 4.39 Å². The smallest absolute Gasteiger partial charge is 0.134 e. The summed E-state index contributed by atoms with van der Waals surface area (Å²) in [7, 11) is 0. The van der Waals surface area contributed by atoms with Crippen LogP contribution in [-0.4, -0.2) is 36.5 Å². The number of benzene rings is 2. The van der Waals surface area contributed by atoms with Gasteiger partial charge in [-0.1, -0.05) is 23.7 Å². The van der Waals surface area contributed by atoms with E-state index in [9.17, 15) is 4.39 Å². The minimum absolute atomic E-state index is 0.180.